The van der Waals surface area contributed by atoms with Crippen molar-refractivity contribution in [2.75, 3.05) is 16.8 Å². The van der Waals surface area contributed by atoms with E-state index in [2.05, 4.69) is 10.3 Å². The first-order valence-electron chi connectivity index (χ1n) is 7.45. The summed E-state index contributed by atoms with van der Waals surface area (Å²) in [6.07, 6.45) is 1.74. The number of aromatic nitrogens is 1. The van der Waals surface area contributed by atoms with Crippen LogP contribution in [-0.4, -0.2) is 17.4 Å². The number of carbonyl (C=O) groups excluding carboxylic acids is 1. The van der Waals surface area contributed by atoms with Crippen LogP contribution in [0.15, 0.2) is 66.2 Å². The number of carbonyl (C=O) groups is 1. The first-order valence-corrected chi connectivity index (χ1v) is 8.71. The molecule has 0 radical (unpaired) electrons. The Labute approximate surface area is 149 Å². The molecule has 0 bridgehead atoms. The molecule has 1 aromatic heterocycles. The smallest absolute Gasteiger partial charge is 0.244 e. The Kier molecular flexibility index (Phi) is 5.46. The molecule has 0 aliphatic carbocycles. The van der Waals surface area contributed by atoms with Gasteiger partial charge in [-0.3, -0.25) is 4.79 Å². The number of hydrogen-bond acceptors (Lipinski definition) is 4. The molecule has 3 aromatic rings. The third-order valence-electron chi connectivity index (χ3n) is 3.39. The molecule has 1 heterocycles. The van der Waals surface area contributed by atoms with Crippen molar-refractivity contribution in [2.45, 2.75) is 6.54 Å². The minimum Gasteiger partial charge on any atom is -0.334 e. The van der Waals surface area contributed by atoms with Crippen LogP contribution in [0.3, 0.4) is 0 Å². The lowest BCUT2D eigenvalue weighted by molar-refractivity contribution is -0.115. The van der Waals surface area contributed by atoms with Gasteiger partial charge in [-0.25, -0.2) is 4.98 Å². The van der Waals surface area contributed by atoms with Crippen molar-refractivity contribution in [1.29, 1.82) is 0 Å². The Morgan fingerprint density at radius 1 is 1.12 bits per heavy atom. The van der Waals surface area contributed by atoms with E-state index in [1.165, 1.54) is 11.3 Å². The summed E-state index contributed by atoms with van der Waals surface area (Å²) in [6.45, 7) is 0.817. The van der Waals surface area contributed by atoms with Gasteiger partial charge in [0, 0.05) is 18.1 Å². The van der Waals surface area contributed by atoms with Gasteiger partial charge in [0.2, 0.25) is 5.91 Å². The second kappa shape index (κ2) is 7.95. The Bertz CT molecular complexity index is 793. The van der Waals surface area contributed by atoms with Crippen LogP contribution >= 0.6 is 22.9 Å². The molecule has 1 N–H and O–H groups in total. The van der Waals surface area contributed by atoms with Crippen molar-refractivity contribution < 1.29 is 4.79 Å². The number of nitrogens with zero attached hydrogens (tertiary/aromatic N) is 2. The van der Waals surface area contributed by atoms with Crippen molar-refractivity contribution in [3.63, 3.8) is 0 Å². The van der Waals surface area contributed by atoms with Crippen molar-refractivity contribution in [3.8, 4) is 0 Å². The molecule has 0 spiro atoms. The molecule has 1 amide bonds. The lowest BCUT2D eigenvalue weighted by atomic mass is 10.2. The van der Waals surface area contributed by atoms with Crippen LogP contribution in [0.25, 0.3) is 0 Å². The number of rotatable bonds is 6. The zero-order chi connectivity index (χ0) is 16.8. The van der Waals surface area contributed by atoms with Gasteiger partial charge in [0.25, 0.3) is 0 Å². The fourth-order valence-corrected chi connectivity index (χ4v) is 3.12. The largest absolute Gasteiger partial charge is 0.334 e. The lowest BCUT2D eigenvalue weighted by Crippen LogP contribution is -2.32. The third kappa shape index (κ3) is 4.34. The molecule has 0 saturated heterocycles. The van der Waals surface area contributed by atoms with Gasteiger partial charge in [-0.15, -0.1) is 11.3 Å². The normalized spacial score (nSPS) is 10.4. The summed E-state index contributed by atoms with van der Waals surface area (Å²) in [6, 6.07) is 17.2. The molecule has 0 aliphatic rings. The molecule has 0 atom stereocenters. The highest BCUT2D eigenvalue weighted by Crippen LogP contribution is 2.22. The van der Waals surface area contributed by atoms with E-state index in [-0.39, 0.29) is 12.5 Å². The fourth-order valence-electron chi connectivity index (χ4n) is 2.29. The SMILES string of the molecule is O=C(CN(Cc1ccccc1)c1nccs1)Nc1ccccc1Cl. The summed E-state index contributed by atoms with van der Waals surface area (Å²) < 4.78 is 0. The summed E-state index contributed by atoms with van der Waals surface area (Å²) in [4.78, 5) is 18.7. The quantitative estimate of drug-likeness (QED) is 0.709. The molecule has 2 aromatic carbocycles. The Morgan fingerprint density at radius 2 is 1.88 bits per heavy atom. The molecule has 0 aliphatic heterocycles. The molecule has 6 heteroatoms. The minimum absolute atomic E-state index is 0.130. The van der Waals surface area contributed by atoms with Gasteiger partial charge in [-0.2, -0.15) is 0 Å². The minimum atomic E-state index is -0.130. The van der Waals surface area contributed by atoms with E-state index in [1.54, 1.807) is 18.3 Å². The second-order valence-corrected chi connectivity index (χ2v) is 6.46. The predicted molar refractivity (Wildman–Crippen MR) is 99.7 cm³/mol. The zero-order valence-corrected chi connectivity index (χ0v) is 14.4. The molecular weight excluding hydrogens is 342 g/mol. The number of halogens is 1. The number of para-hydroxylation sites is 1. The number of hydrogen-bond donors (Lipinski definition) is 1. The van der Waals surface area contributed by atoms with Crippen molar-refractivity contribution in [1.82, 2.24) is 4.98 Å². The maximum absolute atomic E-state index is 12.4. The standard InChI is InChI=1S/C18H16ClN3OS/c19-15-8-4-5-9-16(15)21-17(23)13-22(18-20-10-11-24-18)12-14-6-2-1-3-7-14/h1-11H,12-13H2,(H,21,23). The van der Waals surface area contributed by atoms with Crippen LogP contribution < -0.4 is 10.2 Å². The summed E-state index contributed by atoms with van der Waals surface area (Å²) in [5.74, 6) is -0.130. The van der Waals surface area contributed by atoms with E-state index in [4.69, 9.17) is 11.6 Å². The van der Waals surface area contributed by atoms with E-state index in [0.717, 1.165) is 10.7 Å². The van der Waals surface area contributed by atoms with E-state index in [9.17, 15) is 4.79 Å². The van der Waals surface area contributed by atoms with Gasteiger partial charge in [-0.1, -0.05) is 54.1 Å². The number of amides is 1. The average molecular weight is 358 g/mol. The Hall–Kier alpha value is -2.37. The molecule has 0 saturated carbocycles. The predicted octanol–water partition coefficient (Wildman–Crippen LogP) is 4.44. The Morgan fingerprint density at radius 3 is 2.58 bits per heavy atom. The van der Waals surface area contributed by atoms with Gasteiger partial charge in [0.1, 0.15) is 0 Å². The van der Waals surface area contributed by atoms with Crippen molar-refractivity contribution in [3.05, 3.63) is 76.8 Å². The molecule has 0 fully saturated rings. The van der Waals surface area contributed by atoms with E-state index in [0.29, 0.717) is 17.3 Å². The van der Waals surface area contributed by atoms with Crippen LogP contribution in [-0.2, 0) is 11.3 Å². The zero-order valence-electron chi connectivity index (χ0n) is 12.9. The molecule has 122 valence electrons. The first-order chi connectivity index (χ1) is 11.7. The van der Waals surface area contributed by atoms with E-state index >= 15 is 0 Å². The number of thiazole rings is 1. The second-order valence-electron chi connectivity index (χ2n) is 5.18. The van der Waals surface area contributed by atoms with Crippen LogP contribution in [0.1, 0.15) is 5.56 Å². The molecule has 0 unspecified atom stereocenters. The molecule has 24 heavy (non-hydrogen) atoms. The van der Waals surface area contributed by atoms with Gasteiger partial charge < -0.3 is 10.2 Å². The highest BCUT2D eigenvalue weighted by atomic mass is 35.5. The number of nitrogens with one attached hydrogen (secondary N) is 1. The molecular formula is C18H16ClN3OS. The highest BCUT2D eigenvalue weighted by Gasteiger charge is 2.15. The van der Waals surface area contributed by atoms with Crippen molar-refractivity contribution in [2.24, 2.45) is 0 Å². The Balaban J connectivity index is 1.72. The van der Waals surface area contributed by atoms with Gasteiger partial charge >= 0.3 is 0 Å². The van der Waals surface area contributed by atoms with Crippen LogP contribution in [0.5, 0.6) is 0 Å². The van der Waals surface area contributed by atoms with Gasteiger partial charge in [0.15, 0.2) is 5.13 Å². The maximum Gasteiger partial charge on any atom is 0.244 e. The summed E-state index contributed by atoms with van der Waals surface area (Å²) in [7, 11) is 0. The summed E-state index contributed by atoms with van der Waals surface area (Å²) >= 11 is 7.61. The third-order valence-corrected chi connectivity index (χ3v) is 4.55. The number of benzene rings is 2. The van der Waals surface area contributed by atoms with Crippen LogP contribution in [0, 0.1) is 0 Å². The molecule has 3 rings (SSSR count). The van der Waals surface area contributed by atoms with Crippen LogP contribution in [0.4, 0.5) is 10.8 Å². The first kappa shape index (κ1) is 16.5. The monoisotopic (exact) mass is 357 g/mol. The average Bonchev–Trinajstić information content (AvgIpc) is 3.12. The number of anilines is 2. The summed E-state index contributed by atoms with van der Waals surface area (Å²) in [5, 5.41) is 6.09. The highest BCUT2D eigenvalue weighted by molar-refractivity contribution is 7.13. The topological polar surface area (TPSA) is 45.2 Å². The fraction of sp³-hybridized carbons (Fsp3) is 0.111. The van der Waals surface area contributed by atoms with E-state index in [1.807, 2.05) is 52.7 Å². The lowest BCUT2D eigenvalue weighted by Gasteiger charge is -2.21. The maximum atomic E-state index is 12.4. The summed E-state index contributed by atoms with van der Waals surface area (Å²) in [5.41, 5.74) is 1.74. The van der Waals surface area contributed by atoms with Crippen LogP contribution in [0.2, 0.25) is 5.02 Å². The van der Waals surface area contributed by atoms with Gasteiger partial charge in [0.05, 0.1) is 17.3 Å². The van der Waals surface area contributed by atoms with Gasteiger partial charge in [-0.05, 0) is 17.7 Å². The van der Waals surface area contributed by atoms with E-state index < -0.39 is 0 Å². The van der Waals surface area contributed by atoms with Crippen molar-refractivity contribution >= 4 is 39.7 Å². The molecule has 4 nitrogen and oxygen atoms in total.